The van der Waals surface area contributed by atoms with E-state index in [9.17, 15) is 0 Å². The fourth-order valence-electron chi connectivity index (χ4n) is 1.74. The summed E-state index contributed by atoms with van der Waals surface area (Å²) in [5.74, 6) is 0. The molecule has 0 saturated heterocycles. The van der Waals surface area contributed by atoms with Crippen LogP contribution in [0.4, 0.5) is 11.4 Å². The maximum atomic E-state index is 8.79. The zero-order chi connectivity index (χ0) is 12.1. The van der Waals surface area contributed by atoms with Crippen molar-refractivity contribution in [3.05, 3.63) is 59.7 Å². The Morgan fingerprint density at radius 3 is 2.35 bits per heavy atom. The Labute approximate surface area is 102 Å². The molecule has 2 aromatic rings. The van der Waals surface area contributed by atoms with E-state index in [1.165, 1.54) is 5.56 Å². The van der Waals surface area contributed by atoms with E-state index in [-0.39, 0.29) is 0 Å². The van der Waals surface area contributed by atoms with Crippen molar-refractivity contribution >= 4 is 11.4 Å². The number of nitrogens with one attached hydrogen (secondary N) is 1. The molecule has 17 heavy (non-hydrogen) atoms. The SMILES string of the molecule is Cc1ccccc1Nc1ccccc1CC#N. The predicted octanol–water partition coefficient (Wildman–Crippen LogP) is 3.80. The van der Waals surface area contributed by atoms with Gasteiger partial charge in [0.05, 0.1) is 12.5 Å². The summed E-state index contributed by atoms with van der Waals surface area (Å²) in [6.45, 7) is 2.06. The van der Waals surface area contributed by atoms with Gasteiger partial charge in [0.2, 0.25) is 0 Å². The number of para-hydroxylation sites is 2. The van der Waals surface area contributed by atoms with E-state index in [0.717, 1.165) is 16.9 Å². The first-order chi connectivity index (χ1) is 8.31. The summed E-state index contributed by atoms with van der Waals surface area (Å²) in [6, 6.07) is 18.2. The van der Waals surface area contributed by atoms with Crippen LogP contribution in [0.1, 0.15) is 11.1 Å². The lowest BCUT2D eigenvalue weighted by Gasteiger charge is -2.12. The summed E-state index contributed by atoms with van der Waals surface area (Å²) in [7, 11) is 0. The van der Waals surface area contributed by atoms with E-state index in [1.807, 2.05) is 42.5 Å². The zero-order valence-corrected chi connectivity index (χ0v) is 9.77. The molecule has 1 N–H and O–H groups in total. The standard InChI is InChI=1S/C15H14N2/c1-12-6-2-4-8-14(12)17-15-9-5-3-7-13(15)10-11-16/h2-9,17H,10H2,1H3. The molecule has 0 amide bonds. The molecule has 84 valence electrons. The third kappa shape index (κ3) is 2.64. The predicted molar refractivity (Wildman–Crippen MR) is 70.2 cm³/mol. The molecule has 0 saturated carbocycles. The largest absolute Gasteiger partial charge is 0.355 e. The first-order valence-corrected chi connectivity index (χ1v) is 5.59. The highest BCUT2D eigenvalue weighted by atomic mass is 14.9. The van der Waals surface area contributed by atoms with Gasteiger partial charge in [0.25, 0.3) is 0 Å². The second-order valence-corrected chi connectivity index (χ2v) is 3.93. The number of benzene rings is 2. The third-order valence-electron chi connectivity index (χ3n) is 2.70. The molecule has 0 spiro atoms. The summed E-state index contributed by atoms with van der Waals surface area (Å²) in [5, 5.41) is 12.2. The molecule has 0 aliphatic carbocycles. The van der Waals surface area contributed by atoms with Crippen LogP contribution in [0.15, 0.2) is 48.5 Å². The number of aryl methyl sites for hydroxylation is 1. The van der Waals surface area contributed by atoms with E-state index in [2.05, 4.69) is 24.4 Å². The van der Waals surface area contributed by atoms with Gasteiger partial charge in [-0.25, -0.2) is 0 Å². The van der Waals surface area contributed by atoms with Crippen LogP contribution in [0.25, 0.3) is 0 Å². The van der Waals surface area contributed by atoms with E-state index >= 15 is 0 Å². The third-order valence-corrected chi connectivity index (χ3v) is 2.70. The summed E-state index contributed by atoms with van der Waals surface area (Å²) in [6.07, 6.45) is 0.426. The zero-order valence-electron chi connectivity index (χ0n) is 9.77. The van der Waals surface area contributed by atoms with Crippen molar-refractivity contribution in [3.8, 4) is 6.07 Å². The van der Waals surface area contributed by atoms with Crippen LogP contribution in [-0.2, 0) is 6.42 Å². The smallest absolute Gasteiger partial charge is 0.0670 e. The molecule has 0 aliphatic rings. The average Bonchev–Trinajstić information content (AvgIpc) is 2.35. The molecule has 2 heteroatoms. The van der Waals surface area contributed by atoms with Gasteiger partial charge in [-0.05, 0) is 30.2 Å². The van der Waals surface area contributed by atoms with Gasteiger partial charge >= 0.3 is 0 Å². The number of rotatable bonds is 3. The Balaban J connectivity index is 2.31. The highest BCUT2D eigenvalue weighted by molar-refractivity contribution is 5.66. The van der Waals surface area contributed by atoms with Crippen LogP contribution in [0.2, 0.25) is 0 Å². The Morgan fingerprint density at radius 1 is 1.00 bits per heavy atom. The van der Waals surface area contributed by atoms with Crippen LogP contribution in [-0.4, -0.2) is 0 Å². The number of anilines is 2. The molecule has 2 rings (SSSR count). The van der Waals surface area contributed by atoms with Crippen LogP contribution in [0.3, 0.4) is 0 Å². The van der Waals surface area contributed by atoms with Gasteiger partial charge in [0.15, 0.2) is 0 Å². The van der Waals surface area contributed by atoms with Crippen molar-refractivity contribution in [2.45, 2.75) is 13.3 Å². The lowest BCUT2D eigenvalue weighted by atomic mass is 10.1. The Hall–Kier alpha value is -2.27. The molecule has 0 radical (unpaired) electrons. The summed E-state index contributed by atoms with van der Waals surface area (Å²) < 4.78 is 0. The van der Waals surface area contributed by atoms with Crippen molar-refractivity contribution < 1.29 is 0 Å². The average molecular weight is 222 g/mol. The highest BCUT2D eigenvalue weighted by Crippen LogP contribution is 2.23. The Bertz CT molecular complexity index is 553. The minimum absolute atomic E-state index is 0.426. The number of hydrogen-bond acceptors (Lipinski definition) is 2. The van der Waals surface area contributed by atoms with Crippen LogP contribution >= 0.6 is 0 Å². The molecular formula is C15H14N2. The van der Waals surface area contributed by atoms with Gasteiger partial charge in [-0.2, -0.15) is 5.26 Å². The monoisotopic (exact) mass is 222 g/mol. The van der Waals surface area contributed by atoms with Gasteiger partial charge in [-0.1, -0.05) is 36.4 Å². The molecule has 0 aromatic heterocycles. The minimum Gasteiger partial charge on any atom is -0.355 e. The molecular weight excluding hydrogens is 208 g/mol. The quantitative estimate of drug-likeness (QED) is 0.857. The van der Waals surface area contributed by atoms with Crippen LogP contribution in [0, 0.1) is 18.3 Å². The first kappa shape index (κ1) is 11.2. The van der Waals surface area contributed by atoms with E-state index in [4.69, 9.17) is 5.26 Å². The van der Waals surface area contributed by atoms with Crippen molar-refractivity contribution in [1.29, 1.82) is 5.26 Å². The molecule has 0 unspecified atom stereocenters. The molecule has 2 aromatic carbocycles. The molecule has 0 bridgehead atoms. The lowest BCUT2D eigenvalue weighted by molar-refractivity contribution is 1.26. The van der Waals surface area contributed by atoms with Gasteiger partial charge in [-0.3, -0.25) is 0 Å². The van der Waals surface area contributed by atoms with Gasteiger partial charge in [-0.15, -0.1) is 0 Å². The van der Waals surface area contributed by atoms with Gasteiger partial charge in [0, 0.05) is 11.4 Å². The summed E-state index contributed by atoms with van der Waals surface area (Å²) in [5.41, 5.74) is 4.30. The van der Waals surface area contributed by atoms with Crippen molar-refractivity contribution in [1.82, 2.24) is 0 Å². The van der Waals surface area contributed by atoms with Crippen molar-refractivity contribution in [2.75, 3.05) is 5.32 Å². The van der Waals surface area contributed by atoms with Gasteiger partial charge in [0.1, 0.15) is 0 Å². The van der Waals surface area contributed by atoms with Crippen molar-refractivity contribution in [3.63, 3.8) is 0 Å². The normalized spacial score (nSPS) is 9.65. The maximum Gasteiger partial charge on any atom is 0.0670 e. The Kier molecular flexibility index (Phi) is 3.42. The lowest BCUT2D eigenvalue weighted by Crippen LogP contribution is -1.96. The molecule has 0 atom stereocenters. The fourth-order valence-corrected chi connectivity index (χ4v) is 1.74. The van der Waals surface area contributed by atoms with E-state index in [0.29, 0.717) is 6.42 Å². The Morgan fingerprint density at radius 2 is 1.65 bits per heavy atom. The topological polar surface area (TPSA) is 35.8 Å². The summed E-state index contributed by atoms with van der Waals surface area (Å²) in [4.78, 5) is 0. The number of hydrogen-bond donors (Lipinski definition) is 1. The second kappa shape index (κ2) is 5.18. The number of nitriles is 1. The number of nitrogens with zero attached hydrogens (tertiary/aromatic N) is 1. The van der Waals surface area contributed by atoms with Gasteiger partial charge < -0.3 is 5.32 Å². The van der Waals surface area contributed by atoms with Crippen molar-refractivity contribution in [2.24, 2.45) is 0 Å². The molecule has 2 nitrogen and oxygen atoms in total. The molecule has 0 heterocycles. The maximum absolute atomic E-state index is 8.79. The van der Waals surface area contributed by atoms with E-state index < -0.39 is 0 Å². The van der Waals surface area contributed by atoms with Crippen LogP contribution < -0.4 is 5.32 Å². The summed E-state index contributed by atoms with van der Waals surface area (Å²) >= 11 is 0. The first-order valence-electron chi connectivity index (χ1n) is 5.59. The van der Waals surface area contributed by atoms with Crippen LogP contribution in [0.5, 0.6) is 0 Å². The van der Waals surface area contributed by atoms with E-state index in [1.54, 1.807) is 0 Å². The molecule has 0 fully saturated rings. The molecule has 0 aliphatic heterocycles. The fraction of sp³-hybridized carbons (Fsp3) is 0.133. The second-order valence-electron chi connectivity index (χ2n) is 3.93. The highest BCUT2D eigenvalue weighted by Gasteiger charge is 2.02. The minimum atomic E-state index is 0.426.